The van der Waals surface area contributed by atoms with Gasteiger partial charge in [-0.25, -0.2) is 4.98 Å². The summed E-state index contributed by atoms with van der Waals surface area (Å²) in [4.78, 5) is 6.27. The highest BCUT2D eigenvalue weighted by Crippen LogP contribution is 2.17. The SMILES string of the molecule is CC(C)N(CCCl)c1ncns1. The molecule has 0 spiro atoms. The van der Waals surface area contributed by atoms with Crippen molar-refractivity contribution in [3.63, 3.8) is 0 Å². The average Bonchev–Trinajstić information content (AvgIpc) is 2.51. The van der Waals surface area contributed by atoms with E-state index in [2.05, 4.69) is 28.1 Å². The third-order valence-electron chi connectivity index (χ3n) is 1.54. The summed E-state index contributed by atoms with van der Waals surface area (Å²) in [6, 6.07) is 0.428. The van der Waals surface area contributed by atoms with Crippen LogP contribution in [0.5, 0.6) is 0 Å². The molecule has 1 rings (SSSR count). The van der Waals surface area contributed by atoms with Crippen molar-refractivity contribution in [1.29, 1.82) is 0 Å². The van der Waals surface area contributed by atoms with Gasteiger partial charge in [0.1, 0.15) is 6.33 Å². The molecular weight excluding hydrogens is 194 g/mol. The summed E-state index contributed by atoms with van der Waals surface area (Å²) in [6.07, 6.45) is 1.57. The summed E-state index contributed by atoms with van der Waals surface area (Å²) >= 11 is 7.08. The van der Waals surface area contributed by atoms with Crippen LogP contribution in [0.1, 0.15) is 13.8 Å². The number of rotatable bonds is 4. The van der Waals surface area contributed by atoms with Crippen molar-refractivity contribution < 1.29 is 0 Å². The highest BCUT2D eigenvalue weighted by Gasteiger charge is 2.11. The van der Waals surface area contributed by atoms with Gasteiger partial charge in [-0.3, -0.25) is 0 Å². The van der Waals surface area contributed by atoms with Crippen LogP contribution >= 0.6 is 23.1 Å². The van der Waals surface area contributed by atoms with Crippen LogP contribution in [-0.2, 0) is 0 Å². The molecular formula is C7H12ClN3S. The van der Waals surface area contributed by atoms with Crippen LogP contribution in [0.3, 0.4) is 0 Å². The Morgan fingerprint density at radius 3 is 2.83 bits per heavy atom. The van der Waals surface area contributed by atoms with Gasteiger partial charge < -0.3 is 4.90 Å². The number of alkyl halides is 1. The molecule has 1 aromatic rings. The lowest BCUT2D eigenvalue weighted by Crippen LogP contribution is -2.32. The lowest BCUT2D eigenvalue weighted by molar-refractivity contribution is 0.703. The zero-order chi connectivity index (χ0) is 8.97. The quantitative estimate of drug-likeness (QED) is 0.705. The van der Waals surface area contributed by atoms with Gasteiger partial charge in [-0.05, 0) is 13.8 Å². The summed E-state index contributed by atoms with van der Waals surface area (Å²) < 4.78 is 3.95. The maximum absolute atomic E-state index is 5.67. The predicted molar refractivity (Wildman–Crippen MR) is 53.1 cm³/mol. The third-order valence-corrected chi connectivity index (χ3v) is 2.42. The van der Waals surface area contributed by atoms with Crippen LogP contribution in [-0.4, -0.2) is 27.8 Å². The van der Waals surface area contributed by atoms with Crippen molar-refractivity contribution in [3.05, 3.63) is 6.33 Å². The minimum atomic E-state index is 0.428. The first-order valence-electron chi connectivity index (χ1n) is 3.85. The molecule has 0 aromatic carbocycles. The molecule has 0 amide bonds. The van der Waals surface area contributed by atoms with Crippen LogP contribution in [0.4, 0.5) is 5.13 Å². The van der Waals surface area contributed by atoms with E-state index >= 15 is 0 Å². The molecule has 5 heteroatoms. The van der Waals surface area contributed by atoms with E-state index in [0.717, 1.165) is 11.7 Å². The smallest absolute Gasteiger partial charge is 0.205 e. The number of halogens is 1. The second-order valence-corrected chi connectivity index (χ2v) is 3.84. The molecule has 0 aliphatic heterocycles. The van der Waals surface area contributed by atoms with E-state index < -0.39 is 0 Å². The van der Waals surface area contributed by atoms with Gasteiger partial charge >= 0.3 is 0 Å². The highest BCUT2D eigenvalue weighted by molar-refractivity contribution is 7.09. The minimum absolute atomic E-state index is 0.428. The zero-order valence-corrected chi connectivity index (χ0v) is 8.77. The molecule has 0 aliphatic carbocycles. The first-order chi connectivity index (χ1) is 5.75. The molecule has 0 saturated heterocycles. The Morgan fingerprint density at radius 2 is 2.42 bits per heavy atom. The summed E-state index contributed by atoms with van der Waals surface area (Å²) in [5.41, 5.74) is 0. The highest BCUT2D eigenvalue weighted by atomic mass is 35.5. The van der Waals surface area contributed by atoms with E-state index in [-0.39, 0.29) is 0 Å². The molecule has 1 aromatic heterocycles. The Labute approximate surface area is 81.5 Å². The summed E-state index contributed by atoms with van der Waals surface area (Å²) in [6.45, 7) is 5.07. The van der Waals surface area contributed by atoms with Crippen molar-refractivity contribution in [2.45, 2.75) is 19.9 Å². The van der Waals surface area contributed by atoms with Gasteiger partial charge in [0.2, 0.25) is 5.13 Å². The molecule has 0 aliphatic rings. The van der Waals surface area contributed by atoms with Gasteiger partial charge in [-0.1, -0.05) is 0 Å². The molecule has 0 N–H and O–H groups in total. The van der Waals surface area contributed by atoms with E-state index in [0.29, 0.717) is 11.9 Å². The zero-order valence-electron chi connectivity index (χ0n) is 7.20. The summed E-state index contributed by atoms with van der Waals surface area (Å²) in [5, 5.41) is 0.950. The second-order valence-electron chi connectivity index (χ2n) is 2.70. The number of aromatic nitrogens is 2. The van der Waals surface area contributed by atoms with Crippen LogP contribution in [0.25, 0.3) is 0 Å². The molecule has 0 saturated carbocycles. The van der Waals surface area contributed by atoms with E-state index in [9.17, 15) is 0 Å². The van der Waals surface area contributed by atoms with Crippen molar-refractivity contribution >= 4 is 28.3 Å². The number of anilines is 1. The van der Waals surface area contributed by atoms with Gasteiger partial charge in [0.25, 0.3) is 0 Å². The number of hydrogen-bond acceptors (Lipinski definition) is 4. The first kappa shape index (κ1) is 9.74. The number of nitrogens with zero attached hydrogens (tertiary/aromatic N) is 3. The van der Waals surface area contributed by atoms with Gasteiger partial charge in [-0.2, -0.15) is 4.37 Å². The topological polar surface area (TPSA) is 29.0 Å². The molecule has 0 radical (unpaired) electrons. The van der Waals surface area contributed by atoms with E-state index in [1.54, 1.807) is 6.33 Å². The van der Waals surface area contributed by atoms with Crippen molar-refractivity contribution in [2.24, 2.45) is 0 Å². The van der Waals surface area contributed by atoms with Crippen molar-refractivity contribution in [2.75, 3.05) is 17.3 Å². The number of hydrogen-bond donors (Lipinski definition) is 0. The Balaban J connectivity index is 2.66. The maximum atomic E-state index is 5.67. The Morgan fingerprint density at radius 1 is 1.67 bits per heavy atom. The molecule has 68 valence electrons. The summed E-state index contributed by atoms with van der Waals surface area (Å²) in [5.74, 6) is 0.623. The standard InChI is InChI=1S/C7H12ClN3S/c1-6(2)11(4-3-8)7-9-5-10-12-7/h5-6H,3-4H2,1-2H3. The molecule has 12 heavy (non-hydrogen) atoms. The molecule has 3 nitrogen and oxygen atoms in total. The van der Waals surface area contributed by atoms with Crippen molar-refractivity contribution in [3.8, 4) is 0 Å². The fourth-order valence-corrected chi connectivity index (χ4v) is 1.83. The Hall–Kier alpha value is -0.350. The normalized spacial score (nSPS) is 10.7. The largest absolute Gasteiger partial charge is 0.343 e. The Kier molecular flexibility index (Phi) is 3.75. The molecule has 1 heterocycles. The fraction of sp³-hybridized carbons (Fsp3) is 0.714. The maximum Gasteiger partial charge on any atom is 0.205 e. The second kappa shape index (κ2) is 4.62. The Bertz CT molecular complexity index is 212. The van der Waals surface area contributed by atoms with Gasteiger partial charge in [-0.15, -0.1) is 11.6 Å². The minimum Gasteiger partial charge on any atom is -0.343 e. The first-order valence-corrected chi connectivity index (χ1v) is 5.15. The van der Waals surface area contributed by atoms with E-state index in [4.69, 9.17) is 11.6 Å². The van der Waals surface area contributed by atoms with Gasteiger partial charge in [0.15, 0.2) is 0 Å². The van der Waals surface area contributed by atoms with Crippen LogP contribution in [0.2, 0.25) is 0 Å². The molecule has 0 bridgehead atoms. The lowest BCUT2D eigenvalue weighted by atomic mass is 10.3. The van der Waals surface area contributed by atoms with Gasteiger partial charge in [0.05, 0.1) is 0 Å². The van der Waals surface area contributed by atoms with Crippen molar-refractivity contribution in [1.82, 2.24) is 9.36 Å². The van der Waals surface area contributed by atoms with Crippen LogP contribution in [0.15, 0.2) is 6.33 Å². The van der Waals surface area contributed by atoms with Crippen LogP contribution < -0.4 is 4.90 Å². The average molecular weight is 206 g/mol. The fourth-order valence-electron chi connectivity index (χ4n) is 0.960. The summed E-state index contributed by atoms with van der Waals surface area (Å²) in [7, 11) is 0. The van der Waals surface area contributed by atoms with E-state index in [1.165, 1.54) is 11.5 Å². The van der Waals surface area contributed by atoms with E-state index in [1.807, 2.05) is 0 Å². The monoisotopic (exact) mass is 205 g/mol. The lowest BCUT2D eigenvalue weighted by Gasteiger charge is -2.24. The molecule has 0 fully saturated rings. The van der Waals surface area contributed by atoms with Crippen LogP contribution in [0, 0.1) is 0 Å². The third kappa shape index (κ3) is 2.32. The molecule has 0 unspecified atom stereocenters. The predicted octanol–water partition coefficient (Wildman–Crippen LogP) is 1.99. The van der Waals surface area contributed by atoms with Gasteiger partial charge in [0, 0.05) is 30.0 Å². The molecule has 0 atom stereocenters.